The Balaban J connectivity index is 1.70. The van der Waals surface area contributed by atoms with Crippen LogP contribution in [0.3, 0.4) is 0 Å². The molecule has 6 nitrogen and oxygen atoms in total. The first-order valence-corrected chi connectivity index (χ1v) is 6.66. The molecule has 0 aliphatic carbocycles. The monoisotopic (exact) mass is 301 g/mol. The molecular weight excluding hydrogens is 290 g/mol. The maximum absolute atomic E-state index is 6.09. The number of benzene rings is 1. The highest BCUT2D eigenvalue weighted by atomic mass is 35.5. The van der Waals surface area contributed by atoms with Gasteiger partial charge in [-0.1, -0.05) is 23.7 Å². The standard InChI is InChI=1S/C14H12ClN5O/c15-11-5-1-2-6-12(11)18-13-9-17-20-14(19-13)16-8-10-4-3-7-21-10/h1-7,9H,8H2,(H2,16,18,19,20). The van der Waals surface area contributed by atoms with Gasteiger partial charge in [0.15, 0.2) is 5.82 Å². The number of anilines is 3. The summed E-state index contributed by atoms with van der Waals surface area (Å²) in [7, 11) is 0. The van der Waals surface area contributed by atoms with E-state index in [1.165, 1.54) is 6.20 Å². The summed E-state index contributed by atoms with van der Waals surface area (Å²) < 4.78 is 5.23. The van der Waals surface area contributed by atoms with E-state index in [2.05, 4.69) is 25.8 Å². The van der Waals surface area contributed by atoms with E-state index in [0.717, 1.165) is 11.4 Å². The van der Waals surface area contributed by atoms with Gasteiger partial charge in [0.2, 0.25) is 5.95 Å². The predicted octanol–water partition coefficient (Wildman–Crippen LogP) is 3.47. The van der Waals surface area contributed by atoms with Crippen LogP contribution in [-0.4, -0.2) is 15.2 Å². The van der Waals surface area contributed by atoms with Crippen molar-refractivity contribution in [2.75, 3.05) is 10.6 Å². The van der Waals surface area contributed by atoms with Gasteiger partial charge in [0.05, 0.1) is 29.7 Å². The number of para-hydroxylation sites is 1. The summed E-state index contributed by atoms with van der Waals surface area (Å²) in [4.78, 5) is 4.31. The van der Waals surface area contributed by atoms with Crippen LogP contribution in [0.25, 0.3) is 0 Å². The highest BCUT2D eigenvalue weighted by Gasteiger charge is 2.04. The second kappa shape index (κ2) is 6.23. The highest BCUT2D eigenvalue weighted by Crippen LogP contribution is 2.23. The lowest BCUT2D eigenvalue weighted by Crippen LogP contribution is -2.06. The van der Waals surface area contributed by atoms with E-state index in [4.69, 9.17) is 16.0 Å². The molecule has 0 aliphatic rings. The Bertz CT molecular complexity index is 717. The van der Waals surface area contributed by atoms with Gasteiger partial charge in [0.1, 0.15) is 5.76 Å². The van der Waals surface area contributed by atoms with Crippen LogP contribution in [0, 0.1) is 0 Å². The predicted molar refractivity (Wildman–Crippen MR) is 80.6 cm³/mol. The average Bonchev–Trinajstić information content (AvgIpc) is 3.01. The Kier molecular flexibility index (Phi) is 3.97. The molecule has 1 aromatic carbocycles. The van der Waals surface area contributed by atoms with Gasteiger partial charge in [-0.2, -0.15) is 10.1 Å². The third-order valence-corrected chi connectivity index (χ3v) is 3.03. The molecule has 0 saturated carbocycles. The van der Waals surface area contributed by atoms with Gasteiger partial charge < -0.3 is 15.1 Å². The third-order valence-electron chi connectivity index (χ3n) is 2.70. The third kappa shape index (κ3) is 3.49. The molecule has 3 rings (SSSR count). The van der Waals surface area contributed by atoms with Crippen LogP contribution in [0.15, 0.2) is 53.3 Å². The normalized spacial score (nSPS) is 10.3. The van der Waals surface area contributed by atoms with E-state index >= 15 is 0 Å². The minimum absolute atomic E-state index is 0.406. The van der Waals surface area contributed by atoms with Gasteiger partial charge in [-0.05, 0) is 24.3 Å². The summed E-state index contributed by atoms with van der Waals surface area (Å²) in [5.41, 5.74) is 0.761. The zero-order valence-corrected chi connectivity index (χ0v) is 11.7. The van der Waals surface area contributed by atoms with Crippen LogP contribution >= 0.6 is 11.6 Å². The summed E-state index contributed by atoms with van der Waals surface area (Å²) in [5.74, 6) is 1.76. The minimum atomic E-state index is 0.406. The summed E-state index contributed by atoms with van der Waals surface area (Å²) in [6.07, 6.45) is 3.15. The molecule has 3 aromatic rings. The number of nitrogens with one attached hydrogen (secondary N) is 2. The van der Waals surface area contributed by atoms with Gasteiger partial charge in [-0.25, -0.2) is 0 Å². The largest absolute Gasteiger partial charge is 0.467 e. The molecule has 0 spiro atoms. The maximum atomic E-state index is 6.09. The van der Waals surface area contributed by atoms with Crippen LogP contribution in [0.1, 0.15) is 5.76 Å². The topological polar surface area (TPSA) is 75.9 Å². The van der Waals surface area contributed by atoms with Crippen LogP contribution < -0.4 is 10.6 Å². The number of hydrogen-bond acceptors (Lipinski definition) is 6. The maximum Gasteiger partial charge on any atom is 0.245 e. The fourth-order valence-corrected chi connectivity index (χ4v) is 1.90. The SMILES string of the molecule is Clc1ccccc1Nc1cnnc(NCc2ccco2)n1. The number of aromatic nitrogens is 3. The molecule has 0 fully saturated rings. The van der Waals surface area contributed by atoms with E-state index in [9.17, 15) is 0 Å². The van der Waals surface area contributed by atoms with Crippen LogP contribution in [0.2, 0.25) is 5.02 Å². The number of hydrogen-bond donors (Lipinski definition) is 2. The molecule has 2 heterocycles. The van der Waals surface area contributed by atoms with Crippen molar-refractivity contribution in [2.45, 2.75) is 6.54 Å². The number of furan rings is 1. The van der Waals surface area contributed by atoms with Crippen molar-refractivity contribution in [3.05, 3.63) is 59.6 Å². The quantitative estimate of drug-likeness (QED) is 0.751. The average molecular weight is 302 g/mol. The molecular formula is C14H12ClN5O. The molecule has 0 radical (unpaired) electrons. The fourth-order valence-electron chi connectivity index (χ4n) is 1.72. The van der Waals surface area contributed by atoms with Crippen molar-refractivity contribution < 1.29 is 4.42 Å². The van der Waals surface area contributed by atoms with Crippen molar-refractivity contribution in [2.24, 2.45) is 0 Å². The first-order valence-electron chi connectivity index (χ1n) is 6.29. The lowest BCUT2D eigenvalue weighted by Gasteiger charge is -2.08. The van der Waals surface area contributed by atoms with E-state index in [1.54, 1.807) is 12.3 Å². The first-order chi connectivity index (χ1) is 10.3. The van der Waals surface area contributed by atoms with Gasteiger partial charge >= 0.3 is 0 Å². The van der Waals surface area contributed by atoms with E-state index in [-0.39, 0.29) is 0 Å². The molecule has 106 valence electrons. The van der Waals surface area contributed by atoms with E-state index in [0.29, 0.717) is 23.3 Å². The molecule has 0 atom stereocenters. The summed E-state index contributed by atoms with van der Waals surface area (Å²) in [6.45, 7) is 0.490. The number of rotatable bonds is 5. The van der Waals surface area contributed by atoms with E-state index < -0.39 is 0 Å². The minimum Gasteiger partial charge on any atom is -0.467 e. The van der Waals surface area contributed by atoms with Crippen molar-refractivity contribution in [1.29, 1.82) is 0 Å². The molecule has 21 heavy (non-hydrogen) atoms. The van der Waals surface area contributed by atoms with Crippen molar-refractivity contribution in [3.63, 3.8) is 0 Å². The van der Waals surface area contributed by atoms with Gasteiger partial charge in [-0.15, -0.1) is 5.10 Å². The fraction of sp³-hybridized carbons (Fsp3) is 0.0714. The first kappa shape index (κ1) is 13.4. The van der Waals surface area contributed by atoms with Crippen LogP contribution in [0.5, 0.6) is 0 Å². The summed E-state index contributed by atoms with van der Waals surface area (Å²) in [6, 6.07) is 11.1. The zero-order valence-electron chi connectivity index (χ0n) is 11.0. The van der Waals surface area contributed by atoms with Crippen molar-refractivity contribution in [1.82, 2.24) is 15.2 Å². The Labute approximate surface area is 126 Å². The molecule has 2 N–H and O–H groups in total. The lowest BCUT2D eigenvalue weighted by atomic mass is 10.3. The number of nitrogens with zero attached hydrogens (tertiary/aromatic N) is 3. The van der Waals surface area contributed by atoms with Gasteiger partial charge in [0, 0.05) is 0 Å². The Hall–Kier alpha value is -2.60. The molecule has 0 saturated heterocycles. The zero-order chi connectivity index (χ0) is 14.5. The molecule has 7 heteroatoms. The highest BCUT2D eigenvalue weighted by molar-refractivity contribution is 6.33. The van der Waals surface area contributed by atoms with Crippen molar-refractivity contribution >= 4 is 29.1 Å². The van der Waals surface area contributed by atoms with E-state index in [1.807, 2.05) is 30.3 Å². The second-order valence-corrected chi connectivity index (χ2v) is 4.61. The summed E-state index contributed by atoms with van der Waals surface area (Å²) >= 11 is 6.09. The molecule has 0 unspecified atom stereocenters. The Morgan fingerprint density at radius 2 is 2.05 bits per heavy atom. The molecule has 2 aromatic heterocycles. The van der Waals surface area contributed by atoms with Gasteiger partial charge in [-0.3, -0.25) is 0 Å². The summed E-state index contributed by atoms with van der Waals surface area (Å²) in [5, 5.41) is 14.6. The lowest BCUT2D eigenvalue weighted by molar-refractivity contribution is 0.517. The Morgan fingerprint density at radius 1 is 1.14 bits per heavy atom. The second-order valence-electron chi connectivity index (χ2n) is 4.20. The van der Waals surface area contributed by atoms with Crippen molar-refractivity contribution in [3.8, 4) is 0 Å². The number of halogens is 1. The Morgan fingerprint density at radius 3 is 2.86 bits per heavy atom. The molecule has 0 amide bonds. The van der Waals surface area contributed by atoms with Gasteiger partial charge in [0.25, 0.3) is 0 Å². The van der Waals surface area contributed by atoms with Crippen LogP contribution in [0.4, 0.5) is 17.5 Å². The smallest absolute Gasteiger partial charge is 0.245 e. The van der Waals surface area contributed by atoms with Crippen LogP contribution in [-0.2, 0) is 6.54 Å². The molecule has 0 aliphatic heterocycles. The molecule has 0 bridgehead atoms.